The van der Waals surface area contributed by atoms with Crippen molar-refractivity contribution in [1.29, 1.82) is 0 Å². The molecule has 1 unspecified atom stereocenters. The molecule has 1 aliphatic rings. The largest absolute Gasteiger partial charge is 3.00 e. The van der Waals surface area contributed by atoms with E-state index >= 15 is 0 Å². The van der Waals surface area contributed by atoms with E-state index in [-0.39, 0.29) is 67.8 Å². The first-order valence-corrected chi connectivity index (χ1v) is 18.6. The van der Waals surface area contributed by atoms with Crippen LogP contribution in [0.15, 0.2) is 96.6 Å². The Morgan fingerprint density at radius 1 is 0.667 bits per heavy atom. The molecule has 0 bridgehead atoms. The molecular weight excluding hydrogens is 719 g/mol. The van der Waals surface area contributed by atoms with Gasteiger partial charge in [-0.25, -0.2) is 0 Å². The summed E-state index contributed by atoms with van der Waals surface area (Å²) in [5.74, 6) is 0.687. The third-order valence-electron chi connectivity index (χ3n) is 9.30. The van der Waals surface area contributed by atoms with Crippen molar-refractivity contribution in [1.82, 2.24) is 0 Å². The maximum absolute atomic E-state index is 2.46. The monoisotopic (exact) mass is 767 g/mol. The average molecular weight is 770 g/mol. The van der Waals surface area contributed by atoms with Gasteiger partial charge < -0.3 is 24.8 Å². The van der Waals surface area contributed by atoms with Gasteiger partial charge in [0.15, 0.2) is 0 Å². The summed E-state index contributed by atoms with van der Waals surface area (Å²) in [6, 6.07) is 34.7. The number of fused-ring (bicyclic) bond motifs is 2. The maximum atomic E-state index is 2.46. The van der Waals surface area contributed by atoms with Crippen LogP contribution in [-0.4, -0.2) is 9.52 Å². The van der Waals surface area contributed by atoms with Gasteiger partial charge in [-0.05, 0) is 68.5 Å². The number of rotatable bonds is 4. The molecule has 0 saturated carbocycles. The zero-order valence-electron chi connectivity index (χ0n) is 30.6. The number of benzene rings is 4. The van der Waals surface area contributed by atoms with Gasteiger partial charge in [0.25, 0.3) is 0 Å². The summed E-state index contributed by atoms with van der Waals surface area (Å²) >= 11 is 0. The second-order valence-corrected chi connectivity index (χ2v) is 16.2. The van der Waals surface area contributed by atoms with Gasteiger partial charge in [-0.3, -0.25) is 0 Å². The van der Waals surface area contributed by atoms with Gasteiger partial charge in [0.05, 0.1) is 0 Å². The first-order valence-electron chi connectivity index (χ1n) is 16.6. The molecule has 0 heterocycles. The molecule has 0 spiro atoms. The number of allylic oxidation sites excluding steroid dienone is 1. The topological polar surface area (TPSA) is 0 Å². The minimum absolute atomic E-state index is 0. The predicted molar refractivity (Wildman–Crippen MR) is 201 cm³/mol. The number of halogens is 2. The Labute approximate surface area is 325 Å². The smallest absolute Gasteiger partial charge is 1.00 e. The minimum Gasteiger partial charge on any atom is -1.00 e. The molecule has 0 aromatic heterocycles. The van der Waals surface area contributed by atoms with Crippen LogP contribution in [0.5, 0.6) is 0 Å². The molecule has 1 atom stereocenters. The van der Waals surface area contributed by atoms with E-state index in [9.17, 15) is 0 Å². The molecule has 0 aliphatic heterocycles. The van der Waals surface area contributed by atoms with E-state index in [0.717, 1.165) is 9.52 Å². The van der Waals surface area contributed by atoms with Gasteiger partial charge in [0.1, 0.15) is 0 Å². The predicted octanol–water partition coefficient (Wildman–Crippen LogP) is 6.95. The van der Waals surface area contributed by atoms with E-state index in [0.29, 0.717) is 5.92 Å². The fourth-order valence-electron chi connectivity index (χ4n) is 6.90. The Morgan fingerprint density at radius 3 is 1.60 bits per heavy atom. The van der Waals surface area contributed by atoms with Crippen LogP contribution in [-0.2, 0) is 37.0 Å². The molecule has 3 radical (unpaired) electrons. The molecule has 0 saturated heterocycles. The minimum atomic E-state index is 0. The van der Waals surface area contributed by atoms with Crippen LogP contribution in [0, 0.1) is 0 Å². The zero-order chi connectivity index (χ0) is 32.7. The maximum Gasteiger partial charge on any atom is 3.00 e. The van der Waals surface area contributed by atoms with Crippen molar-refractivity contribution in [2.24, 2.45) is 0 Å². The van der Waals surface area contributed by atoms with Crippen molar-refractivity contribution < 1.29 is 51.0 Å². The van der Waals surface area contributed by atoms with Crippen LogP contribution in [0.1, 0.15) is 108 Å². The van der Waals surface area contributed by atoms with Crippen molar-refractivity contribution >= 4 is 26.4 Å². The summed E-state index contributed by atoms with van der Waals surface area (Å²) in [5.41, 5.74) is 15.5. The quantitative estimate of drug-likeness (QED) is 0.137. The number of hydrogen-bond acceptors (Lipinski definition) is 0. The summed E-state index contributed by atoms with van der Waals surface area (Å²) < 4.78 is 0. The van der Waals surface area contributed by atoms with E-state index in [2.05, 4.69) is 172 Å². The van der Waals surface area contributed by atoms with Crippen LogP contribution in [0.2, 0.25) is 13.1 Å². The van der Waals surface area contributed by atoms with Crippen LogP contribution in [0.4, 0.5) is 0 Å². The molecule has 0 fully saturated rings. The molecule has 0 nitrogen and oxygen atoms in total. The van der Waals surface area contributed by atoms with Crippen LogP contribution < -0.4 is 24.8 Å². The summed E-state index contributed by atoms with van der Waals surface area (Å²) in [5, 5.41) is 2.76. The van der Waals surface area contributed by atoms with Crippen molar-refractivity contribution in [2.45, 2.75) is 98.1 Å². The molecule has 1 aliphatic carbocycles. The Kier molecular flexibility index (Phi) is 14.7. The normalized spacial score (nSPS) is 13.8. The summed E-state index contributed by atoms with van der Waals surface area (Å²) in [7, 11) is 1.08. The average Bonchev–Trinajstić information content (AvgIpc) is 3.53. The summed E-state index contributed by atoms with van der Waals surface area (Å²) in [4.78, 5) is 0. The van der Waals surface area contributed by atoms with Crippen molar-refractivity contribution in [3.05, 3.63) is 130 Å². The van der Waals surface area contributed by atoms with E-state index < -0.39 is 0 Å². The molecule has 0 N–H and O–H groups in total. The van der Waals surface area contributed by atoms with Gasteiger partial charge >= 0.3 is 26.2 Å². The van der Waals surface area contributed by atoms with Gasteiger partial charge in [-0.15, -0.1) is 40.1 Å². The molecule has 249 valence electrons. The number of hydrogen-bond donors (Lipinski definition) is 0. The van der Waals surface area contributed by atoms with Gasteiger partial charge in [-0.2, -0.15) is 0 Å². The summed E-state index contributed by atoms with van der Waals surface area (Å²) in [6.07, 6.45) is 2.46. The van der Waals surface area contributed by atoms with Crippen LogP contribution in [0.3, 0.4) is 0 Å². The van der Waals surface area contributed by atoms with Crippen molar-refractivity contribution in [3.8, 4) is 22.3 Å². The Bertz CT molecular complexity index is 1830. The third-order valence-corrected chi connectivity index (χ3v) is 9.30. The second kappa shape index (κ2) is 16.7. The summed E-state index contributed by atoms with van der Waals surface area (Å²) in [6.45, 7) is 25.0. The second-order valence-electron chi connectivity index (χ2n) is 15.2. The first kappa shape index (κ1) is 42.1. The van der Waals surface area contributed by atoms with E-state index in [1.165, 1.54) is 72.0 Å². The SMILES string of the molecule is CC1=Cc2c(-c3ccc(C(C)(C)C)cc3)cccc2C1c1c(C(C)C)[cH-]c2cccc(-c3ccc(C(C)(C)C)cc3)c12.C[Si]C.[Cl-].[Cl-].[Zr+3]. The zero-order valence-corrected chi connectivity index (χ0v) is 35.6. The third kappa shape index (κ3) is 8.43. The Balaban J connectivity index is 0.00000129. The van der Waals surface area contributed by atoms with Crippen LogP contribution in [0.25, 0.3) is 39.1 Å². The molecule has 0 amide bonds. The molecule has 5 aromatic carbocycles. The molecule has 6 rings (SSSR count). The van der Waals surface area contributed by atoms with Crippen molar-refractivity contribution in [2.75, 3.05) is 0 Å². The molecule has 4 heteroatoms. The molecular formula is C44H51Cl2SiZr. The van der Waals surface area contributed by atoms with E-state index in [1.54, 1.807) is 0 Å². The first-order chi connectivity index (χ1) is 21.3. The standard InChI is InChI=1S/C42H45.C2H6Si.2ClH.Zr/c1-26(2)36-25-30-12-10-14-34(29-18-22-32(23-19-29)42(7,8)9)39(30)40(36)38-27(3)24-37-33(13-11-15-35(37)38)28-16-20-31(21-17-28)41(4,5)6;1-3-2;;;/h10-26,38H,1-9H3;1-2H3;2*1H;/q-1;;;;+3/p-2. The molecule has 5 aromatic rings. The Hall–Kier alpha value is -2.09. The Morgan fingerprint density at radius 2 is 1.12 bits per heavy atom. The van der Waals surface area contributed by atoms with E-state index in [1.807, 2.05) is 0 Å². The van der Waals surface area contributed by atoms with Crippen LogP contribution >= 0.6 is 0 Å². The van der Waals surface area contributed by atoms with E-state index in [4.69, 9.17) is 0 Å². The fourth-order valence-corrected chi connectivity index (χ4v) is 6.90. The molecule has 48 heavy (non-hydrogen) atoms. The van der Waals surface area contributed by atoms with Crippen molar-refractivity contribution in [3.63, 3.8) is 0 Å². The van der Waals surface area contributed by atoms with Gasteiger partial charge in [-0.1, -0.05) is 158 Å². The fraction of sp³-hybridized carbons (Fsp3) is 0.341. The van der Waals surface area contributed by atoms with Gasteiger partial charge in [0, 0.05) is 9.52 Å². The van der Waals surface area contributed by atoms with Gasteiger partial charge in [0.2, 0.25) is 0 Å².